The van der Waals surface area contributed by atoms with Crippen molar-refractivity contribution in [3.63, 3.8) is 0 Å². The monoisotopic (exact) mass is 624 g/mol. The van der Waals surface area contributed by atoms with E-state index in [2.05, 4.69) is 24.1 Å². The minimum Gasteiger partial charge on any atom is -0.459 e. The van der Waals surface area contributed by atoms with Crippen molar-refractivity contribution in [2.24, 2.45) is 11.3 Å². The molecule has 9 nitrogen and oxygen atoms in total. The number of nitrogens with zero attached hydrogens (tertiary/aromatic N) is 3. The largest absolute Gasteiger partial charge is 0.459 e. The first-order chi connectivity index (χ1) is 21.1. The van der Waals surface area contributed by atoms with Crippen molar-refractivity contribution in [1.82, 2.24) is 20.0 Å². The summed E-state index contributed by atoms with van der Waals surface area (Å²) in [6.07, 6.45) is 5.95. The molecule has 0 bridgehead atoms. The summed E-state index contributed by atoms with van der Waals surface area (Å²) in [6.45, 7) is 17.4. The maximum absolute atomic E-state index is 14.1. The number of likely N-dealkylation sites (tertiary alicyclic amines) is 2. The number of carbonyl (C=O) groups is 4. The van der Waals surface area contributed by atoms with Gasteiger partial charge in [0.25, 0.3) is 0 Å². The van der Waals surface area contributed by atoms with Gasteiger partial charge in [-0.2, -0.15) is 0 Å². The molecule has 2 fully saturated rings. The van der Waals surface area contributed by atoms with E-state index < -0.39 is 29.5 Å². The lowest BCUT2D eigenvalue weighted by molar-refractivity contribution is -0.153. The molecule has 2 aliphatic heterocycles. The number of esters is 1. The van der Waals surface area contributed by atoms with Gasteiger partial charge in [-0.15, -0.1) is 0 Å². The summed E-state index contributed by atoms with van der Waals surface area (Å²) in [6, 6.07) is 7.71. The van der Waals surface area contributed by atoms with E-state index in [-0.39, 0.29) is 42.3 Å². The summed E-state index contributed by atoms with van der Waals surface area (Å²) in [4.78, 5) is 59.9. The van der Waals surface area contributed by atoms with Crippen LogP contribution < -0.4 is 5.32 Å². The van der Waals surface area contributed by atoms with Gasteiger partial charge in [-0.3, -0.25) is 19.3 Å². The molecule has 3 amide bonds. The lowest BCUT2D eigenvalue weighted by atomic mass is 9.84. The summed E-state index contributed by atoms with van der Waals surface area (Å²) in [5, 5.41) is 3.13. The molecule has 45 heavy (non-hydrogen) atoms. The zero-order valence-electron chi connectivity index (χ0n) is 29.0. The van der Waals surface area contributed by atoms with Gasteiger partial charge < -0.3 is 19.9 Å². The van der Waals surface area contributed by atoms with Crippen molar-refractivity contribution in [2.45, 2.75) is 124 Å². The Kier molecular flexibility index (Phi) is 12.8. The van der Waals surface area contributed by atoms with Gasteiger partial charge >= 0.3 is 5.97 Å². The molecular weight excluding hydrogens is 568 g/mol. The molecule has 2 heterocycles. The van der Waals surface area contributed by atoms with Crippen LogP contribution in [0.25, 0.3) is 0 Å². The molecule has 250 valence electrons. The van der Waals surface area contributed by atoms with Crippen molar-refractivity contribution in [1.29, 1.82) is 0 Å². The SMILES string of the molecule is C/C(=C\[C@H](C(C)C)N(C)C(=O)[C@@H](NC(=O)[C@H]1CCCCN1C(C)C)C(C)(C)C)C(=O)N1CCC[C@H]1C(=O)OCc1ccccc1. The van der Waals surface area contributed by atoms with Crippen LogP contribution in [-0.4, -0.2) is 88.7 Å². The molecule has 4 atom stereocenters. The molecule has 0 aliphatic carbocycles. The summed E-state index contributed by atoms with van der Waals surface area (Å²) in [5.74, 6) is -0.929. The van der Waals surface area contributed by atoms with Gasteiger partial charge in [0.1, 0.15) is 18.7 Å². The fraction of sp³-hybridized carbons (Fsp3) is 0.667. The molecule has 1 aromatic carbocycles. The molecular formula is C36H56N4O5. The minimum atomic E-state index is -0.737. The molecule has 3 rings (SSSR count). The number of likely N-dealkylation sites (N-methyl/N-ethyl adjacent to an activating group) is 1. The van der Waals surface area contributed by atoms with Crippen molar-refractivity contribution in [3.05, 3.63) is 47.5 Å². The second-order valence-electron chi connectivity index (χ2n) is 14.4. The van der Waals surface area contributed by atoms with Gasteiger partial charge in [0, 0.05) is 25.2 Å². The Labute approximate surface area is 270 Å². The zero-order valence-corrected chi connectivity index (χ0v) is 29.0. The van der Waals surface area contributed by atoms with Gasteiger partial charge in [0.2, 0.25) is 17.7 Å². The lowest BCUT2D eigenvalue weighted by Crippen LogP contribution is -2.60. The maximum Gasteiger partial charge on any atom is 0.329 e. The Morgan fingerprint density at radius 3 is 2.22 bits per heavy atom. The van der Waals surface area contributed by atoms with E-state index in [9.17, 15) is 19.2 Å². The van der Waals surface area contributed by atoms with Gasteiger partial charge in [0.15, 0.2) is 0 Å². The molecule has 0 unspecified atom stereocenters. The third-order valence-corrected chi connectivity index (χ3v) is 9.16. The molecule has 0 saturated carbocycles. The molecule has 1 aromatic rings. The summed E-state index contributed by atoms with van der Waals surface area (Å²) in [7, 11) is 1.74. The van der Waals surface area contributed by atoms with Crippen LogP contribution in [0.3, 0.4) is 0 Å². The number of ether oxygens (including phenoxy) is 1. The van der Waals surface area contributed by atoms with Crippen molar-refractivity contribution in [3.8, 4) is 0 Å². The van der Waals surface area contributed by atoms with E-state index in [1.807, 2.05) is 71.0 Å². The van der Waals surface area contributed by atoms with Crippen molar-refractivity contribution in [2.75, 3.05) is 20.1 Å². The molecule has 0 spiro atoms. The number of rotatable bonds is 11. The number of piperidine rings is 1. The Bertz CT molecular complexity index is 1210. The van der Waals surface area contributed by atoms with E-state index in [1.54, 1.807) is 23.8 Å². The van der Waals surface area contributed by atoms with Crippen LogP contribution in [0.2, 0.25) is 0 Å². The van der Waals surface area contributed by atoms with Crippen LogP contribution in [0, 0.1) is 11.3 Å². The topological polar surface area (TPSA) is 99.3 Å². The van der Waals surface area contributed by atoms with Gasteiger partial charge in [0.05, 0.1) is 12.1 Å². The summed E-state index contributed by atoms with van der Waals surface area (Å²) >= 11 is 0. The third kappa shape index (κ3) is 9.41. The van der Waals surface area contributed by atoms with Crippen LogP contribution in [0.4, 0.5) is 0 Å². The summed E-state index contributed by atoms with van der Waals surface area (Å²) < 4.78 is 5.57. The van der Waals surface area contributed by atoms with Crippen molar-refractivity contribution >= 4 is 23.7 Å². The molecule has 2 saturated heterocycles. The average molecular weight is 625 g/mol. The average Bonchev–Trinajstić information content (AvgIpc) is 3.50. The normalized spacial score (nSPS) is 21.0. The van der Waals surface area contributed by atoms with Crippen molar-refractivity contribution < 1.29 is 23.9 Å². The van der Waals surface area contributed by atoms with Gasteiger partial charge in [-0.1, -0.05) is 77.4 Å². The van der Waals surface area contributed by atoms with Crippen LogP contribution in [-0.2, 0) is 30.5 Å². The Morgan fingerprint density at radius 2 is 1.62 bits per heavy atom. The highest BCUT2D eigenvalue weighted by molar-refractivity contribution is 5.96. The van der Waals surface area contributed by atoms with E-state index in [4.69, 9.17) is 4.74 Å². The number of benzene rings is 1. The Balaban J connectivity index is 1.75. The highest BCUT2D eigenvalue weighted by Gasteiger charge is 2.40. The number of hydrogen-bond acceptors (Lipinski definition) is 6. The van der Waals surface area contributed by atoms with Crippen LogP contribution >= 0.6 is 0 Å². The highest BCUT2D eigenvalue weighted by Crippen LogP contribution is 2.27. The fourth-order valence-electron chi connectivity index (χ4n) is 6.48. The van der Waals surface area contributed by atoms with Crippen LogP contribution in [0.1, 0.15) is 93.1 Å². The van der Waals surface area contributed by atoms with E-state index in [0.717, 1.165) is 37.8 Å². The highest BCUT2D eigenvalue weighted by atomic mass is 16.5. The fourth-order valence-corrected chi connectivity index (χ4v) is 6.48. The number of carbonyl (C=O) groups excluding carboxylic acids is 4. The number of nitrogens with one attached hydrogen (secondary N) is 1. The molecule has 9 heteroatoms. The van der Waals surface area contributed by atoms with E-state index in [0.29, 0.717) is 18.5 Å². The Morgan fingerprint density at radius 1 is 0.978 bits per heavy atom. The third-order valence-electron chi connectivity index (χ3n) is 9.16. The number of amides is 3. The minimum absolute atomic E-state index is 0.00184. The standard InChI is InChI=1S/C36H56N4O5/c1-24(2)30(22-26(5)33(42)40-21-15-19-29(40)35(44)45-23-27-16-11-10-12-17-27)38(9)34(43)31(36(6,7)8)37-32(41)28-18-13-14-20-39(28)25(3)4/h10-12,16-17,22,24-25,28-31H,13-15,18-21,23H2,1-9H3,(H,37,41)/b26-22+/t28-,29+,30-,31-/m1/s1. The molecule has 0 radical (unpaired) electrons. The van der Waals surface area contributed by atoms with Gasteiger partial charge in [-0.25, -0.2) is 4.79 Å². The predicted molar refractivity (Wildman–Crippen MR) is 177 cm³/mol. The van der Waals surface area contributed by atoms with Gasteiger partial charge in [-0.05, 0) is 69.9 Å². The van der Waals surface area contributed by atoms with E-state index in [1.165, 1.54) is 0 Å². The second kappa shape index (κ2) is 15.9. The van der Waals surface area contributed by atoms with Crippen LogP contribution in [0.5, 0.6) is 0 Å². The summed E-state index contributed by atoms with van der Waals surface area (Å²) in [5.41, 5.74) is 0.838. The molecule has 2 aliphatic rings. The first-order valence-corrected chi connectivity index (χ1v) is 16.7. The quantitative estimate of drug-likeness (QED) is 0.277. The maximum atomic E-state index is 14.1. The Hall–Kier alpha value is -3.20. The lowest BCUT2D eigenvalue weighted by Gasteiger charge is -2.41. The first-order valence-electron chi connectivity index (χ1n) is 16.7. The predicted octanol–water partition coefficient (Wildman–Crippen LogP) is 4.94. The molecule has 1 N–H and O–H groups in total. The molecule has 0 aromatic heterocycles. The zero-order chi connectivity index (χ0) is 33.5. The van der Waals surface area contributed by atoms with E-state index >= 15 is 0 Å². The van der Waals surface area contributed by atoms with Crippen LogP contribution in [0.15, 0.2) is 42.0 Å². The second-order valence-corrected chi connectivity index (χ2v) is 14.4. The smallest absolute Gasteiger partial charge is 0.329 e. The number of hydrogen-bond donors (Lipinski definition) is 1. The first kappa shape index (κ1) is 36.3.